The van der Waals surface area contributed by atoms with Gasteiger partial charge in [0.25, 0.3) is 0 Å². The molecule has 3 aromatic heterocycles. The molecule has 6 aromatic rings. The Labute approximate surface area is 143 Å². The molecule has 116 valence electrons. The summed E-state index contributed by atoms with van der Waals surface area (Å²) in [5.41, 5.74) is 2.21. The normalized spacial score (nSPS) is 12.0. The van der Waals surface area contributed by atoms with Gasteiger partial charge in [0, 0.05) is 28.6 Å². The predicted molar refractivity (Wildman–Crippen MR) is 105 cm³/mol. The highest BCUT2D eigenvalue weighted by atomic mass is 15.0. The summed E-state index contributed by atoms with van der Waals surface area (Å²) >= 11 is 0. The van der Waals surface area contributed by atoms with Crippen LogP contribution in [0.15, 0.2) is 85.2 Å². The van der Waals surface area contributed by atoms with Gasteiger partial charge in [0.05, 0.1) is 5.52 Å². The Balaban J connectivity index is 1.98. The minimum atomic E-state index is 1.01. The number of hydrogen-bond acceptors (Lipinski definition) is 1. The van der Waals surface area contributed by atoms with E-state index >= 15 is 0 Å². The first-order valence-electron chi connectivity index (χ1n) is 8.49. The lowest BCUT2D eigenvalue weighted by Gasteiger charge is -2.12. The third-order valence-corrected chi connectivity index (χ3v) is 5.20. The molecule has 0 N–H and O–H groups in total. The minimum absolute atomic E-state index is 1.01. The molecular formula is C23H14N2. The second-order valence-corrected chi connectivity index (χ2v) is 6.55. The molecule has 0 radical (unpaired) electrons. The molecule has 2 nitrogen and oxygen atoms in total. The molecule has 0 saturated heterocycles. The fraction of sp³-hybridized carbons (Fsp3) is 0. The molecule has 0 aliphatic rings. The van der Waals surface area contributed by atoms with Crippen molar-refractivity contribution in [3.05, 3.63) is 85.2 Å². The molecule has 0 atom stereocenters. The Morgan fingerprint density at radius 2 is 1.52 bits per heavy atom. The van der Waals surface area contributed by atoms with E-state index in [2.05, 4.69) is 82.3 Å². The van der Waals surface area contributed by atoms with Gasteiger partial charge in [0.15, 0.2) is 0 Å². The van der Waals surface area contributed by atoms with Crippen LogP contribution in [0.4, 0.5) is 0 Å². The molecular weight excluding hydrogens is 304 g/mol. The van der Waals surface area contributed by atoms with E-state index in [1.54, 1.807) is 0 Å². The molecule has 0 amide bonds. The SMILES string of the molecule is c1ccc2cc3c(ccc4c3c3cccnc3n3cccc43)cc2c1. The molecule has 0 bridgehead atoms. The van der Waals surface area contributed by atoms with Crippen molar-refractivity contribution in [3.8, 4) is 0 Å². The van der Waals surface area contributed by atoms with Crippen molar-refractivity contribution < 1.29 is 0 Å². The molecule has 2 heteroatoms. The van der Waals surface area contributed by atoms with E-state index in [1.165, 1.54) is 43.2 Å². The van der Waals surface area contributed by atoms with Gasteiger partial charge in [-0.25, -0.2) is 4.98 Å². The molecule has 0 aliphatic heterocycles. The fourth-order valence-corrected chi connectivity index (χ4v) is 4.09. The second kappa shape index (κ2) is 4.58. The van der Waals surface area contributed by atoms with Crippen LogP contribution in [0.3, 0.4) is 0 Å². The van der Waals surface area contributed by atoms with Crippen LogP contribution in [-0.4, -0.2) is 9.38 Å². The lowest BCUT2D eigenvalue weighted by atomic mass is 9.96. The number of nitrogens with zero attached hydrogens (tertiary/aromatic N) is 2. The summed E-state index contributed by atoms with van der Waals surface area (Å²) in [5, 5.41) is 8.87. The molecule has 3 heterocycles. The molecule has 0 unspecified atom stereocenters. The van der Waals surface area contributed by atoms with Crippen LogP contribution in [0.5, 0.6) is 0 Å². The molecule has 0 saturated carbocycles. The number of benzene rings is 3. The summed E-state index contributed by atoms with van der Waals surface area (Å²) in [6.45, 7) is 0. The van der Waals surface area contributed by atoms with Crippen molar-refractivity contribution in [1.82, 2.24) is 9.38 Å². The van der Waals surface area contributed by atoms with Gasteiger partial charge in [-0.15, -0.1) is 0 Å². The summed E-state index contributed by atoms with van der Waals surface area (Å²) in [4.78, 5) is 4.66. The zero-order valence-electron chi connectivity index (χ0n) is 13.5. The monoisotopic (exact) mass is 318 g/mol. The van der Waals surface area contributed by atoms with Gasteiger partial charge < -0.3 is 4.40 Å². The molecule has 0 fully saturated rings. The van der Waals surface area contributed by atoms with Crippen molar-refractivity contribution in [1.29, 1.82) is 0 Å². The quantitative estimate of drug-likeness (QED) is 0.250. The highest BCUT2D eigenvalue weighted by molar-refractivity contribution is 6.24. The summed E-state index contributed by atoms with van der Waals surface area (Å²) in [6, 6.07) is 26.1. The maximum absolute atomic E-state index is 4.66. The first kappa shape index (κ1) is 13.0. The molecule has 0 spiro atoms. The van der Waals surface area contributed by atoms with E-state index in [1.807, 2.05) is 12.3 Å². The predicted octanol–water partition coefficient (Wildman–Crippen LogP) is 5.95. The van der Waals surface area contributed by atoms with E-state index in [-0.39, 0.29) is 0 Å². The van der Waals surface area contributed by atoms with Crippen molar-refractivity contribution in [3.63, 3.8) is 0 Å². The lowest BCUT2D eigenvalue weighted by molar-refractivity contribution is 1.21. The number of aromatic nitrogens is 2. The first-order chi connectivity index (χ1) is 12.4. The van der Waals surface area contributed by atoms with Crippen LogP contribution in [0, 0.1) is 0 Å². The van der Waals surface area contributed by atoms with Gasteiger partial charge in [-0.05, 0) is 57.9 Å². The zero-order chi connectivity index (χ0) is 16.4. The van der Waals surface area contributed by atoms with Crippen molar-refractivity contribution in [2.45, 2.75) is 0 Å². The average Bonchev–Trinajstić information content (AvgIpc) is 3.16. The molecule has 6 rings (SSSR count). The van der Waals surface area contributed by atoms with Crippen molar-refractivity contribution in [2.24, 2.45) is 0 Å². The van der Waals surface area contributed by atoms with E-state index in [4.69, 9.17) is 0 Å². The molecule has 0 aliphatic carbocycles. The number of rotatable bonds is 0. The Morgan fingerprint density at radius 1 is 0.640 bits per heavy atom. The van der Waals surface area contributed by atoms with Crippen LogP contribution in [0.2, 0.25) is 0 Å². The zero-order valence-corrected chi connectivity index (χ0v) is 13.5. The van der Waals surface area contributed by atoms with Crippen molar-refractivity contribution in [2.75, 3.05) is 0 Å². The van der Waals surface area contributed by atoms with Crippen LogP contribution in [-0.2, 0) is 0 Å². The summed E-state index contributed by atoms with van der Waals surface area (Å²) in [6.07, 6.45) is 3.96. The smallest absolute Gasteiger partial charge is 0.145 e. The van der Waals surface area contributed by atoms with Gasteiger partial charge >= 0.3 is 0 Å². The first-order valence-corrected chi connectivity index (χ1v) is 8.49. The van der Waals surface area contributed by atoms with E-state index < -0.39 is 0 Å². The van der Waals surface area contributed by atoms with Gasteiger partial charge in [-0.1, -0.05) is 36.4 Å². The van der Waals surface area contributed by atoms with Gasteiger partial charge in [-0.3, -0.25) is 0 Å². The van der Waals surface area contributed by atoms with E-state index in [0.29, 0.717) is 0 Å². The Morgan fingerprint density at radius 3 is 2.44 bits per heavy atom. The lowest BCUT2D eigenvalue weighted by Crippen LogP contribution is -1.92. The van der Waals surface area contributed by atoms with Crippen molar-refractivity contribution >= 4 is 48.9 Å². The summed E-state index contributed by atoms with van der Waals surface area (Å²) < 4.78 is 2.19. The maximum atomic E-state index is 4.66. The maximum Gasteiger partial charge on any atom is 0.145 e. The molecule has 3 aromatic carbocycles. The standard InChI is InChI=1S/C23H14N2/c1-2-6-16-14-20-17(13-15(16)5-1)9-10-18-21-8-4-12-25(21)23-19(22(18)20)7-3-11-24-23/h1-14H. The topological polar surface area (TPSA) is 17.3 Å². The number of pyridine rings is 2. The van der Waals surface area contributed by atoms with Gasteiger partial charge in [0.2, 0.25) is 0 Å². The average molecular weight is 318 g/mol. The molecule has 25 heavy (non-hydrogen) atoms. The van der Waals surface area contributed by atoms with Crippen LogP contribution >= 0.6 is 0 Å². The highest BCUT2D eigenvalue weighted by Crippen LogP contribution is 2.36. The Kier molecular flexibility index (Phi) is 2.37. The van der Waals surface area contributed by atoms with E-state index in [0.717, 1.165) is 5.65 Å². The van der Waals surface area contributed by atoms with Gasteiger partial charge in [-0.2, -0.15) is 0 Å². The number of hydrogen-bond donors (Lipinski definition) is 0. The third kappa shape index (κ3) is 1.66. The highest BCUT2D eigenvalue weighted by Gasteiger charge is 2.12. The fourth-order valence-electron chi connectivity index (χ4n) is 4.09. The largest absolute Gasteiger partial charge is 0.301 e. The van der Waals surface area contributed by atoms with Crippen LogP contribution in [0.1, 0.15) is 0 Å². The Bertz CT molecular complexity index is 1440. The third-order valence-electron chi connectivity index (χ3n) is 5.20. The minimum Gasteiger partial charge on any atom is -0.301 e. The van der Waals surface area contributed by atoms with Crippen LogP contribution in [0.25, 0.3) is 48.9 Å². The summed E-state index contributed by atoms with van der Waals surface area (Å²) in [5.74, 6) is 0. The summed E-state index contributed by atoms with van der Waals surface area (Å²) in [7, 11) is 0. The van der Waals surface area contributed by atoms with E-state index in [9.17, 15) is 0 Å². The number of fused-ring (bicyclic) bond motifs is 9. The van der Waals surface area contributed by atoms with Crippen LogP contribution < -0.4 is 0 Å². The van der Waals surface area contributed by atoms with Gasteiger partial charge in [0.1, 0.15) is 5.65 Å². The second-order valence-electron chi connectivity index (χ2n) is 6.55. The Hall–Kier alpha value is -3.39.